The summed E-state index contributed by atoms with van der Waals surface area (Å²) in [7, 11) is 1.69. The highest BCUT2D eigenvalue weighted by atomic mass is 16.5. The van der Waals surface area contributed by atoms with Crippen molar-refractivity contribution in [2.24, 2.45) is 5.92 Å². The van der Waals surface area contributed by atoms with Gasteiger partial charge in [0.2, 0.25) is 5.91 Å². The summed E-state index contributed by atoms with van der Waals surface area (Å²) in [5.41, 5.74) is 0. The van der Waals surface area contributed by atoms with Gasteiger partial charge in [-0.2, -0.15) is 0 Å². The first-order valence-corrected chi connectivity index (χ1v) is 7.08. The third kappa shape index (κ3) is 5.36. The molecule has 1 aliphatic rings. The Bertz CT molecular complexity index is 252. The summed E-state index contributed by atoms with van der Waals surface area (Å²) in [5, 5.41) is 3.29. The van der Waals surface area contributed by atoms with Crippen molar-refractivity contribution in [1.82, 2.24) is 10.2 Å². The van der Waals surface area contributed by atoms with Gasteiger partial charge in [0.15, 0.2) is 0 Å². The predicted octanol–water partition coefficient (Wildman–Crippen LogP) is 1.65. The Morgan fingerprint density at radius 3 is 2.56 bits per heavy atom. The Morgan fingerprint density at radius 1 is 1.39 bits per heavy atom. The van der Waals surface area contributed by atoms with Gasteiger partial charge in [0.25, 0.3) is 0 Å². The minimum Gasteiger partial charge on any atom is -0.383 e. The molecule has 1 fully saturated rings. The summed E-state index contributed by atoms with van der Waals surface area (Å²) in [6.45, 7) is 8.47. The Kier molecular flexibility index (Phi) is 6.65. The molecule has 0 aromatic heterocycles. The largest absolute Gasteiger partial charge is 0.383 e. The second-order valence-electron chi connectivity index (χ2n) is 5.52. The van der Waals surface area contributed by atoms with Gasteiger partial charge in [-0.25, -0.2) is 0 Å². The fourth-order valence-electron chi connectivity index (χ4n) is 2.19. The second kappa shape index (κ2) is 7.74. The summed E-state index contributed by atoms with van der Waals surface area (Å²) < 4.78 is 5.11. The molecule has 1 atom stereocenters. The summed E-state index contributed by atoms with van der Waals surface area (Å²) in [6, 6.07) is 0.804. The topological polar surface area (TPSA) is 41.6 Å². The highest BCUT2D eigenvalue weighted by Gasteiger charge is 2.33. The van der Waals surface area contributed by atoms with Crippen LogP contribution in [-0.4, -0.2) is 49.7 Å². The van der Waals surface area contributed by atoms with Crippen molar-refractivity contribution in [1.29, 1.82) is 0 Å². The summed E-state index contributed by atoms with van der Waals surface area (Å²) >= 11 is 0. The number of rotatable bonds is 9. The number of amides is 1. The van der Waals surface area contributed by atoms with Gasteiger partial charge in [-0.15, -0.1) is 0 Å². The highest BCUT2D eigenvalue weighted by Crippen LogP contribution is 2.35. The van der Waals surface area contributed by atoms with E-state index in [4.69, 9.17) is 4.74 Å². The minimum absolute atomic E-state index is 0.250. The van der Waals surface area contributed by atoms with Crippen LogP contribution in [0.1, 0.15) is 40.0 Å². The van der Waals surface area contributed by atoms with Gasteiger partial charge in [0, 0.05) is 38.7 Å². The molecule has 106 valence electrons. The molecular formula is C14H28N2O2. The smallest absolute Gasteiger partial charge is 0.224 e. The maximum absolute atomic E-state index is 12.2. The van der Waals surface area contributed by atoms with Crippen LogP contribution in [0.4, 0.5) is 0 Å². The van der Waals surface area contributed by atoms with Crippen molar-refractivity contribution in [3.8, 4) is 0 Å². The first-order chi connectivity index (χ1) is 8.56. The predicted molar refractivity (Wildman–Crippen MR) is 73.5 cm³/mol. The van der Waals surface area contributed by atoms with Crippen LogP contribution in [0.25, 0.3) is 0 Å². The number of ether oxygens (including phenoxy) is 1. The molecule has 0 radical (unpaired) electrons. The fraction of sp³-hybridized carbons (Fsp3) is 0.929. The molecule has 18 heavy (non-hydrogen) atoms. The molecule has 4 heteroatoms. The van der Waals surface area contributed by atoms with E-state index in [1.54, 1.807) is 7.11 Å². The van der Waals surface area contributed by atoms with Gasteiger partial charge < -0.3 is 15.0 Å². The molecule has 0 spiro atoms. The van der Waals surface area contributed by atoms with Crippen molar-refractivity contribution in [3.63, 3.8) is 0 Å². The van der Waals surface area contributed by atoms with Crippen LogP contribution in [0.2, 0.25) is 0 Å². The van der Waals surface area contributed by atoms with Gasteiger partial charge in [-0.3, -0.25) is 4.79 Å². The molecule has 1 amide bonds. The number of hydrogen-bond acceptors (Lipinski definition) is 3. The summed E-state index contributed by atoms with van der Waals surface area (Å²) in [6.07, 6.45) is 3.11. The zero-order valence-electron chi connectivity index (χ0n) is 12.2. The van der Waals surface area contributed by atoms with Crippen molar-refractivity contribution in [3.05, 3.63) is 0 Å². The lowest BCUT2D eigenvalue weighted by molar-refractivity contribution is -0.134. The molecule has 0 saturated heterocycles. The third-order valence-corrected chi connectivity index (χ3v) is 3.54. The van der Waals surface area contributed by atoms with Crippen molar-refractivity contribution >= 4 is 5.91 Å². The van der Waals surface area contributed by atoms with E-state index in [1.807, 2.05) is 4.90 Å². The summed E-state index contributed by atoms with van der Waals surface area (Å²) in [5.74, 6) is 0.962. The Balaban J connectivity index is 2.39. The van der Waals surface area contributed by atoms with E-state index in [0.29, 0.717) is 37.6 Å². The van der Waals surface area contributed by atoms with Crippen LogP contribution >= 0.6 is 0 Å². The van der Waals surface area contributed by atoms with E-state index in [2.05, 4.69) is 26.1 Å². The number of carbonyl (C=O) groups is 1. The van der Waals surface area contributed by atoms with Crippen molar-refractivity contribution in [2.75, 3.05) is 26.8 Å². The lowest BCUT2D eigenvalue weighted by atomic mass is 10.1. The molecule has 0 aliphatic heterocycles. The fourth-order valence-corrected chi connectivity index (χ4v) is 2.19. The van der Waals surface area contributed by atoms with E-state index in [0.717, 1.165) is 6.54 Å². The zero-order chi connectivity index (χ0) is 13.5. The molecule has 1 saturated carbocycles. The van der Waals surface area contributed by atoms with E-state index < -0.39 is 0 Å². The van der Waals surface area contributed by atoms with E-state index in [1.165, 1.54) is 12.8 Å². The van der Waals surface area contributed by atoms with Crippen LogP contribution in [0.15, 0.2) is 0 Å². The van der Waals surface area contributed by atoms with Crippen molar-refractivity contribution < 1.29 is 9.53 Å². The molecule has 0 heterocycles. The maximum atomic E-state index is 12.2. The molecule has 0 bridgehead atoms. The first-order valence-electron chi connectivity index (χ1n) is 7.08. The lowest BCUT2D eigenvalue weighted by Gasteiger charge is -2.29. The van der Waals surface area contributed by atoms with Gasteiger partial charge >= 0.3 is 0 Å². The van der Waals surface area contributed by atoms with Gasteiger partial charge in [-0.05, 0) is 25.7 Å². The number of nitrogens with one attached hydrogen (secondary N) is 1. The van der Waals surface area contributed by atoms with E-state index in [9.17, 15) is 4.79 Å². The van der Waals surface area contributed by atoms with Crippen LogP contribution in [0.5, 0.6) is 0 Å². The highest BCUT2D eigenvalue weighted by molar-refractivity contribution is 5.76. The van der Waals surface area contributed by atoms with Gasteiger partial charge in [0.05, 0.1) is 6.61 Å². The number of hydrogen-bond donors (Lipinski definition) is 1. The third-order valence-electron chi connectivity index (χ3n) is 3.54. The SMILES string of the molecule is COCCN(C(=O)CCNC(C)C)C(C)C1CC1. The van der Waals surface area contributed by atoms with Gasteiger partial charge in [-0.1, -0.05) is 13.8 Å². The normalized spacial score (nSPS) is 16.9. The summed E-state index contributed by atoms with van der Waals surface area (Å²) in [4.78, 5) is 14.2. The Labute approximate surface area is 111 Å². The van der Waals surface area contributed by atoms with Crippen LogP contribution in [0, 0.1) is 5.92 Å². The van der Waals surface area contributed by atoms with Gasteiger partial charge in [0.1, 0.15) is 0 Å². The number of carbonyl (C=O) groups excluding carboxylic acids is 1. The molecule has 4 nitrogen and oxygen atoms in total. The molecule has 0 aromatic rings. The average molecular weight is 256 g/mol. The Morgan fingerprint density at radius 2 is 2.06 bits per heavy atom. The van der Waals surface area contributed by atoms with E-state index in [-0.39, 0.29) is 5.91 Å². The lowest BCUT2D eigenvalue weighted by Crippen LogP contribution is -2.43. The second-order valence-corrected chi connectivity index (χ2v) is 5.52. The first kappa shape index (κ1) is 15.4. The van der Waals surface area contributed by atoms with E-state index >= 15 is 0 Å². The average Bonchev–Trinajstić information content (AvgIpc) is 3.12. The number of nitrogens with zero attached hydrogens (tertiary/aromatic N) is 1. The number of methoxy groups -OCH3 is 1. The Hall–Kier alpha value is -0.610. The zero-order valence-corrected chi connectivity index (χ0v) is 12.2. The van der Waals surface area contributed by atoms with Crippen LogP contribution in [-0.2, 0) is 9.53 Å². The molecule has 1 N–H and O–H groups in total. The monoisotopic (exact) mass is 256 g/mol. The van der Waals surface area contributed by atoms with Crippen LogP contribution < -0.4 is 5.32 Å². The van der Waals surface area contributed by atoms with Crippen molar-refractivity contribution in [2.45, 2.75) is 52.1 Å². The molecule has 1 unspecified atom stereocenters. The minimum atomic E-state index is 0.250. The molecule has 0 aromatic carbocycles. The molecule has 1 aliphatic carbocycles. The standard InChI is InChI=1S/C14H28N2O2/c1-11(2)15-8-7-14(17)16(9-10-18-4)12(3)13-5-6-13/h11-13,15H,5-10H2,1-4H3. The maximum Gasteiger partial charge on any atom is 0.224 e. The molecular weight excluding hydrogens is 228 g/mol. The molecule has 1 rings (SSSR count). The van der Waals surface area contributed by atoms with Crippen LogP contribution in [0.3, 0.4) is 0 Å². The quantitative estimate of drug-likeness (QED) is 0.682.